The van der Waals surface area contributed by atoms with Gasteiger partial charge in [-0.25, -0.2) is 0 Å². The highest BCUT2D eigenvalue weighted by atomic mass is 35.5. The molecule has 4 aromatic rings. The molecule has 0 fully saturated rings. The molecule has 2 heterocycles. The molecule has 9 nitrogen and oxygen atoms in total. The van der Waals surface area contributed by atoms with Gasteiger partial charge in [0.05, 0.1) is 24.9 Å². The molecule has 0 bridgehead atoms. The van der Waals surface area contributed by atoms with Gasteiger partial charge in [-0.05, 0) is 48.9 Å². The van der Waals surface area contributed by atoms with E-state index in [4.69, 9.17) is 21.3 Å². The number of hydrogen-bond acceptors (Lipinski definition) is 6. The van der Waals surface area contributed by atoms with E-state index in [1.807, 2.05) is 72.2 Å². The molecule has 10 heteroatoms. The second-order valence-electron chi connectivity index (χ2n) is 9.41. The maximum Gasteiger partial charge on any atom is 0.244 e. The maximum atomic E-state index is 13.1. The van der Waals surface area contributed by atoms with Crippen LogP contribution in [0.3, 0.4) is 0 Å². The lowest BCUT2D eigenvalue weighted by atomic mass is 10.00. The average Bonchev–Trinajstić information content (AvgIpc) is 3.31. The van der Waals surface area contributed by atoms with Gasteiger partial charge in [0, 0.05) is 35.3 Å². The van der Waals surface area contributed by atoms with Crippen molar-refractivity contribution in [2.24, 2.45) is 4.99 Å². The summed E-state index contributed by atoms with van der Waals surface area (Å²) in [6.07, 6.45) is 3.25. The summed E-state index contributed by atoms with van der Waals surface area (Å²) in [6, 6.07) is 22.1. The highest BCUT2D eigenvalue weighted by molar-refractivity contribution is 6.30. The molecule has 2 amide bonds. The SMILES string of the molecule is COc1ccc2c(c1)C(c1ccc(Cl)cc1)=N[C@@H](CC(=O)NCCNC(=O)/C=C/c1ccccc1)c1nnc(C)n1-2. The Morgan fingerprint density at radius 3 is 2.51 bits per heavy atom. The van der Waals surface area contributed by atoms with Gasteiger partial charge in [-0.3, -0.25) is 19.1 Å². The molecule has 0 saturated heterocycles. The number of aliphatic imine (C=N–C) groups is 1. The molecule has 0 spiro atoms. The minimum Gasteiger partial charge on any atom is -0.497 e. The first-order valence-corrected chi connectivity index (χ1v) is 13.5. The van der Waals surface area contributed by atoms with Gasteiger partial charge in [0.1, 0.15) is 17.6 Å². The lowest BCUT2D eigenvalue weighted by molar-refractivity contribution is -0.122. The van der Waals surface area contributed by atoms with Gasteiger partial charge in [0.25, 0.3) is 0 Å². The number of nitrogens with one attached hydrogen (secondary N) is 2. The number of fused-ring (bicyclic) bond motifs is 3. The highest BCUT2D eigenvalue weighted by Crippen LogP contribution is 2.34. The van der Waals surface area contributed by atoms with Crippen molar-refractivity contribution in [3.05, 3.63) is 112 Å². The Balaban J connectivity index is 1.33. The van der Waals surface area contributed by atoms with Gasteiger partial charge < -0.3 is 15.4 Å². The van der Waals surface area contributed by atoms with E-state index < -0.39 is 6.04 Å². The van der Waals surface area contributed by atoms with Gasteiger partial charge in [-0.1, -0.05) is 54.1 Å². The zero-order chi connectivity index (χ0) is 28.8. The topological polar surface area (TPSA) is 110 Å². The van der Waals surface area contributed by atoms with Crippen molar-refractivity contribution in [1.82, 2.24) is 25.4 Å². The summed E-state index contributed by atoms with van der Waals surface area (Å²) in [5.41, 5.74) is 4.13. The van der Waals surface area contributed by atoms with E-state index in [2.05, 4.69) is 20.8 Å². The molecular formula is C31H29ClN6O3. The van der Waals surface area contributed by atoms with E-state index in [-0.39, 0.29) is 31.3 Å². The van der Waals surface area contributed by atoms with E-state index in [0.29, 0.717) is 28.1 Å². The van der Waals surface area contributed by atoms with Crippen molar-refractivity contribution in [2.45, 2.75) is 19.4 Å². The molecule has 0 radical (unpaired) electrons. The van der Waals surface area contributed by atoms with Crippen LogP contribution in [0.4, 0.5) is 0 Å². The summed E-state index contributed by atoms with van der Waals surface area (Å²) in [6.45, 7) is 2.42. The molecule has 1 atom stereocenters. The highest BCUT2D eigenvalue weighted by Gasteiger charge is 2.30. The molecule has 0 aliphatic carbocycles. The zero-order valence-electron chi connectivity index (χ0n) is 22.7. The third-order valence-corrected chi connectivity index (χ3v) is 6.85. The number of aromatic nitrogens is 3. The Bertz CT molecular complexity index is 1610. The van der Waals surface area contributed by atoms with Crippen LogP contribution in [0.15, 0.2) is 83.9 Å². The number of halogens is 1. The summed E-state index contributed by atoms with van der Waals surface area (Å²) in [5, 5.41) is 15.0. The fourth-order valence-electron chi connectivity index (χ4n) is 4.61. The summed E-state index contributed by atoms with van der Waals surface area (Å²) < 4.78 is 7.44. The number of benzene rings is 3. The quantitative estimate of drug-likeness (QED) is 0.229. The Morgan fingerprint density at radius 2 is 1.76 bits per heavy atom. The second kappa shape index (κ2) is 12.6. The third-order valence-electron chi connectivity index (χ3n) is 6.60. The van der Waals surface area contributed by atoms with Crippen LogP contribution >= 0.6 is 11.6 Å². The van der Waals surface area contributed by atoms with Crippen LogP contribution in [-0.4, -0.2) is 52.5 Å². The fourth-order valence-corrected chi connectivity index (χ4v) is 4.73. The first kappa shape index (κ1) is 27.8. The molecule has 1 aromatic heterocycles. The number of methoxy groups -OCH3 is 1. The van der Waals surface area contributed by atoms with E-state index in [9.17, 15) is 9.59 Å². The number of carbonyl (C=O) groups is 2. The van der Waals surface area contributed by atoms with Crippen molar-refractivity contribution in [1.29, 1.82) is 0 Å². The number of ether oxygens (including phenoxy) is 1. The maximum absolute atomic E-state index is 13.1. The monoisotopic (exact) mass is 568 g/mol. The Hall–Kier alpha value is -4.76. The van der Waals surface area contributed by atoms with Crippen molar-refractivity contribution < 1.29 is 14.3 Å². The van der Waals surface area contributed by atoms with E-state index >= 15 is 0 Å². The molecule has 1 aliphatic rings. The third kappa shape index (κ3) is 6.53. The largest absolute Gasteiger partial charge is 0.497 e. The van der Waals surface area contributed by atoms with Crippen LogP contribution in [0.25, 0.3) is 11.8 Å². The molecule has 3 aromatic carbocycles. The number of carbonyl (C=O) groups excluding carboxylic acids is 2. The van der Waals surface area contributed by atoms with Crippen LogP contribution < -0.4 is 15.4 Å². The second-order valence-corrected chi connectivity index (χ2v) is 9.85. The number of amides is 2. The van der Waals surface area contributed by atoms with Gasteiger partial charge in [-0.2, -0.15) is 0 Å². The minimum atomic E-state index is -0.608. The molecular weight excluding hydrogens is 540 g/mol. The zero-order valence-corrected chi connectivity index (χ0v) is 23.4. The van der Waals surface area contributed by atoms with Crippen molar-refractivity contribution in [2.75, 3.05) is 20.2 Å². The van der Waals surface area contributed by atoms with E-state index in [1.54, 1.807) is 25.3 Å². The lowest BCUT2D eigenvalue weighted by Gasteiger charge is -2.14. The Morgan fingerprint density at radius 1 is 1.00 bits per heavy atom. The Kier molecular flexibility index (Phi) is 8.55. The molecule has 2 N–H and O–H groups in total. The molecule has 0 saturated carbocycles. The van der Waals surface area contributed by atoms with Crippen molar-refractivity contribution in [3.8, 4) is 11.4 Å². The number of aryl methyl sites for hydroxylation is 1. The van der Waals surface area contributed by atoms with Crippen LogP contribution in [-0.2, 0) is 9.59 Å². The van der Waals surface area contributed by atoms with E-state index in [0.717, 1.165) is 22.4 Å². The van der Waals surface area contributed by atoms with Crippen LogP contribution in [0.1, 0.15) is 40.8 Å². The Labute approximate surface area is 242 Å². The average molecular weight is 569 g/mol. The van der Waals surface area contributed by atoms with Crippen LogP contribution in [0.5, 0.6) is 5.75 Å². The predicted octanol–water partition coefficient (Wildman–Crippen LogP) is 4.47. The van der Waals surface area contributed by atoms with Crippen LogP contribution in [0, 0.1) is 6.92 Å². The summed E-state index contributed by atoms with van der Waals surface area (Å²) in [7, 11) is 1.61. The van der Waals surface area contributed by atoms with Crippen molar-refractivity contribution >= 4 is 35.2 Å². The van der Waals surface area contributed by atoms with Crippen LogP contribution in [0.2, 0.25) is 5.02 Å². The summed E-state index contributed by atoms with van der Waals surface area (Å²) in [4.78, 5) is 30.2. The van der Waals surface area contributed by atoms with Gasteiger partial charge in [0.15, 0.2) is 5.82 Å². The van der Waals surface area contributed by atoms with Gasteiger partial charge in [-0.15, -0.1) is 10.2 Å². The summed E-state index contributed by atoms with van der Waals surface area (Å²) >= 11 is 6.17. The molecule has 41 heavy (non-hydrogen) atoms. The smallest absolute Gasteiger partial charge is 0.244 e. The normalized spacial score (nSPS) is 14.0. The van der Waals surface area contributed by atoms with Crippen molar-refractivity contribution in [3.63, 3.8) is 0 Å². The first-order chi connectivity index (χ1) is 19.9. The first-order valence-electron chi connectivity index (χ1n) is 13.1. The number of nitrogens with zero attached hydrogens (tertiary/aromatic N) is 4. The minimum absolute atomic E-state index is 0.0439. The number of rotatable bonds is 9. The lowest BCUT2D eigenvalue weighted by Crippen LogP contribution is -2.34. The van der Waals surface area contributed by atoms with E-state index in [1.165, 1.54) is 6.08 Å². The van der Waals surface area contributed by atoms with Gasteiger partial charge >= 0.3 is 0 Å². The van der Waals surface area contributed by atoms with Gasteiger partial charge in [0.2, 0.25) is 11.8 Å². The molecule has 208 valence electrons. The molecule has 5 rings (SSSR count). The fraction of sp³-hybridized carbons (Fsp3) is 0.194. The molecule has 1 aliphatic heterocycles. The standard InChI is InChI=1S/C31H29ClN6O3/c1-20-36-37-31-26(19-29(40)34-17-16-33-28(39)15-8-21-6-4-3-5-7-21)35-30(22-9-11-23(32)12-10-22)25-18-24(41-2)13-14-27(25)38(20)31/h3-15,18,26H,16-17,19H2,1-2H3,(H,33,39)(H,34,40)/b15-8+/t26-/m0/s1. The molecule has 0 unspecified atom stereocenters. The predicted molar refractivity (Wildman–Crippen MR) is 159 cm³/mol. The summed E-state index contributed by atoms with van der Waals surface area (Å²) in [5.74, 6) is 1.46. The number of hydrogen-bond donors (Lipinski definition) is 2.